The molecule has 5 heteroatoms. The third-order valence-corrected chi connectivity index (χ3v) is 6.62. The van der Waals surface area contributed by atoms with Crippen molar-refractivity contribution in [1.82, 2.24) is 9.80 Å². The molecule has 0 aromatic heterocycles. The fourth-order valence-corrected chi connectivity index (χ4v) is 4.58. The van der Waals surface area contributed by atoms with E-state index in [9.17, 15) is 0 Å². The van der Waals surface area contributed by atoms with E-state index in [-0.39, 0.29) is 0 Å². The number of para-hydroxylation sites is 1. The van der Waals surface area contributed by atoms with Crippen LogP contribution in [0.3, 0.4) is 0 Å². The molecule has 1 fully saturated rings. The number of piperidine rings is 1. The highest BCUT2D eigenvalue weighted by atomic mass is 35.5. The second kappa shape index (κ2) is 10.4. The highest BCUT2D eigenvalue weighted by Crippen LogP contribution is 2.26. The zero-order valence-corrected chi connectivity index (χ0v) is 19.3. The first kappa shape index (κ1) is 22.1. The largest absolute Gasteiger partial charge is 0.342 e. The first-order chi connectivity index (χ1) is 14.0. The molecule has 2 aromatic rings. The van der Waals surface area contributed by atoms with Crippen LogP contribution >= 0.6 is 23.8 Å². The van der Waals surface area contributed by atoms with Crippen LogP contribution in [0.1, 0.15) is 43.4 Å². The van der Waals surface area contributed by atoms with Crippen molar-refractivity contribution in [2.45, 2.75) is 52.1 Å². The van der Waals surface area contributed by atoms with Crippen LogP contribution in [0.4, 0.5) is 5.69 Å². The monoisotopic (exact) mass is 429 g/mol. The molecule has 156 valence electrons. The smallest absolute Gasteiger partial charge is 0.173 e. The van der Waals surface area contributed by atoms with Gasteiger partial charge in [0.2, 0.25) is 0 Å². The maximum absolute atomic E-state index is 6.49. The van der Waals surface area contributed by atoms with Gasteiger partial charge >= 0.3 is 0 Å². The zero-order valence-electron chi connectivity index (χ0n) is 17.7. The summed E-state index contributed by atoms with van der Waals surface area (Å²) in [6.07, 6.45) is 4.19. The van der Waals surface area contributed by atoms with Gasteiger partial charge < -0.3 is 15.1 Å². The lowest BCUT2D eigenvalue weighted by atomic mass is 10.0. The highest BCUT2D eigenvalue weighted by molar-refractivity contribution is 7.80. The number of halogens is 1. The summed E-state index contributed by atoms with van der Waals surface area (Å²) in [5.74, 6) is 0. The van der Waals surface area contributed by atoms with Gasteiger partial charge in [-0.05, 0) is 80.8 Å². The SMILES string of the molecule is CCc1cccc(CC)c1NC(=S)N(Cc1ccccc1Cl)C1CCN(C)CC1. The molecule has 0 bridgehead atoms. The van der Waals surface area contributed by atoms with E-state index >= 15 is 0 Å². The van der Waals surface area contributed by atoms with Crippen LogP contribution in [0.15, 0.2) is 42.5 Å². The molecule has 2 aromatic carbocycles. The highest BCUT2D eigenvalue weighted by Gasteiger charge is 2.26. The van der Waals surface area contributed by atoms with E-state index in [0.717, 1.165) is 61.0 Å². The van der Waals surface area contributed by atoms with Gasteiger partial charge in [-0.15, -0.1) is 0 Å². The number of anilines is 1. The molecule has 0 unspecified atom stereocenters. The number of nitrogens with one attached hydrogen (secondary N) is 1. The third-order valence-electron chi connectivity index (χ3n) is 5.92. The number of thiocarbonyl (C=S) groups is 1. The third kappa shape index (κ3) is 5.50. The standard InChI is InChI=1S/C24H32ClN3S/c1-4-18-10-8-11-19(5-2)23(18)26-24(29)28(21-13-15-27(3)16-14-21)17-20-9-6-7-12-22(20)25/h6-12,21H,4-5,13-17H2,1-3H3,(H,26,29). The molecule has 0 spiro atoms. The fraction of sp³-hybridized carbons (Fsp3) is 0.458. The minimum absolute atomic E-state index is 0.418. The van der Waals surface area contributed by atoms with E-state index in [2.05, 4.69) is 60.3 Å². The summed E-state index contributed by atoms with van der Waals surface area (Å²) in [6, 6.07) is 15.0. The van der Waals surface area contributed by atoms with Crippen LogP contribution in [0.5, 0.6) is 0 Å². The minimum atomic E-state index is 0.418. The summed E-state index contributed by atoms with van der Waals surface area (Å²) in [6.45, 7) is 7.31. The number of benzene rings is 2. The van der Waals surface area contributed by atoms with Gasteiger partial charge in [0.25, 0.3) is 0 Å². The van der Waals surface area contributed by atoms with Gasteiger partial charge in [-0.2, -0.15) is 0 Å². The molecule has 0 atom stereocenters. The average molecular weight is 430 g/mol. The number of likely N-dealkylation sites (tertiary alicyclic amines) is 1. The Bertz CT molecular complexity index is 808. The maximum atomic E-state index is 6.49. The molecule has 1 aliphatic rings. The Balaban J connectivity index is 1.87. The van der Waals surface area contributed by atoms with Gasteiger partial charge in [0.1, 0.15) is 0 Å². The van der Waals surface area contributed by atoms with Crippen molar-refractivity contribution >= 4 is 34.6 Å². The summed E-state index contributed by atoms with van der Waals surface area (Å²) in [7, 11) is 2.19. The van der Waals surface area contributed by atoms with Crippen LogP contribution in [-0.2, 0) is 19.4 Å². The van der Waals surface area contributed by atoms with Gasteiger partial charge in [0, 0.05) is 23.3 Å². The molecule has 1 aliphatic heterocycles. The number of aryl methyl sites for hydroxylation is 2. The van der Waals surface area contributed by atoms with Crippen molar-refractivity contribution < 1.29 is 0 Å². The quantitative estimate of drug-likeness (QED) is 0.588. The van der Waals surface area contributed by atoms with Crippen molar-refractivity contribution in [3.05, 3.63) is 64.2 Å². The molecule has 1 heterocycles. The molecule has 1 N–H and O–H groups in total. The van der Waals surface area contributed by atoms with Gasteiger partial charge in [0.15, 0.2) is 5.11 Å². The van der Waals surface area contributed by atoms with E-state index in [0.29, 0.717) is 6.04 Å². The van der Waals surface area contributed by atoms with Crippen LogP contribution in [-0.4, -0.2) is 41.1 Å². The zero-order chi connectivity index (χ0) is 20.8. The molecule has 0 saturated carbocycles. The predicted octanol–water partition coefficient (Wildman–Crippen LogP) is 5.76. The molecule has 0 radical (unpaired) electrons. The molecule has 3 rings (SSSR count). The minimum Gasteiger partial charge on any atom is -0.342 e. The van der Waals surface area contributed by atoms with E-state index in [1.54, 1.807) is 0 Å². The van der Waals surface area contributed by atoms with Crippen LogP contribution < -0.4 is 5.32 Å². The first-order valence-electron chi connectivity index (χ1n) is 10.6. The average Bonchev–Trinajstić information content (AvgIpc) is 2.74. The van der Waals surface area contributed by atoms with Gasteiger partial charge in [-0.3, -0.25) is 0 Å². The van der Waals surface area contributed by atoms with Crippen LogP contribution in [0, 0.1) is 0 Å². The fourth-order valence-electron chi connectivity index (χ4n) is 4.07. The number of rotatable bonds is 6. The summed E-state index contributed by atoms with van der Waals surface area (Å²) < 4.78 is 0. The van der Waals surface area contributed by atoms with Gasteiger partial charge in [-0.1, -0.05) is 61.8 Å². The van der Waals surface area contributed by atoms with E-state index < -0.39 is 0 Å². The second-order valence-electron chi connectivity index (χ2n) is 7.84. The van der Waals surface area contributed by atoms with Crippen molar-refractivity contribution in [3.63, 3.8) is 0 Å². The first-order valence-corrected chi connectivity index (χ1v) is 11.4. The summed E-state index contributed by atoms with van der Waals surface area (Å²) in [5, 5.41) is 5.23. The Morgan fingerprint density at radius 3 is 2.21 bits per heavy atom. The molecule has 29 heavy (non-hydrogen) atoms. The Hall–Kier alpha value is -1.62. The summed E-state index contributed by atoms with van der Waals surface area (Å²) >= 11 is 12.5. The molecule has 0 aliphatic carbocycles. The van der Waals surface area contributed by atoms with Gasteiger partial charge in [-0.25, -0.2) is 0 Å². The molecule has 0 amide bonds. The van der Waals surface area contributed by atoms with Crippen LogP contribution in [0.25, 0.3) is 0 Å². The number of hydrogen-bond donors (Lipinski definition) is 1. The Kier molecular flexibility index (Phi) is 7.93. The molecule has 3 nitrogen and oxygen atoms in total. The molecular weight excluding hydrogens is 398 g/mol. The van der Waals surface area contributed by atoms with Gasteiger partial charge in [0.05, 0.1) is 0 Å². The number of nitrogens with zero attached hydrogens (tertiary/aromatic N) is 2. The van der Waals surface area contributed by atoms with E-state index in [1.807, 2.05) is 18.2 Å². The topological polar surface area (TPSA) is 18.5 Å². The maximum Gasteiger partial charge on any atom is 0.173 e. The molecular formula is C24H32ClN3S. The summed E-state index contributed by atoms with van der Waals surface area (Å²) in [5.41, 5.74) is 4.93. The van der Waals surface area contributed by atoms with Crippen molar-refractivity contribution in [1.29, 1.82) is 0 Å². The van der Waals surface area contributed by atoms with Crippen molar-refractivity contribution in [2.24, 2.45) is 0 Å². The van der Waals surface area contributed by atoms with Crippen molar-refractivity contribution in [2.75, 3.05) is 25.5 Å². The van der Waals surface area contributed by atoms with E-state index in [1.165, 1.54) is 16.8 Å². The predicted molar refractivity (Wildman–Crippen MR) is 129 cm³/mol. The Morgan fingerprint density at radius 1 is 1.03 bits per heavy atom. The second-order valence-corrected chi connectivity index (χ2v) is 8.64. The Morgan fingerprint density at radius 2 is 1.62 bits per heavy atom. The number of hydrogen-bond acceptors (Lipinski definition) is 2. The normalized spacial score (nSPS) is 15.3. The van der Waals surface area contributed by atoms with Crippen molar-refractivity contribution in [3.8, 4) is 0 Å². The summed E-state index contributed by atoms with van der Waals surface area (Å²) in [4.78, 5) is 4.75. The van der Waals surface area contributed by atoms with E-state index in [4.69, 9.17) is 23.8 Å². The lowest BCUT2D eigenvalue weighted by Gasteiger charge is -2.39. The van der Waals surface area contributed by atoms with Crippen LogP contribution in [0.2, 0.25) is 5.02 Å². The Labute approximate surface area is 186 Å². The lowest BCUT2D eigenvalue weighted by molar-refractivity contribution is 0.173. The molecule has 1 saturated heterocycles. The lowest BCUT2D eigenvalue weighted by Crippen LogP contribution is -2.47.